The van der Waals surface area contributed by atoms with Gasteiger partial charge in [-0.05, 0) is 37.3 Å². The molecule has 1 aliphatic rings. The van der Waals surface area contributed by atoms with Gasteiger partial charge in [0.2, 0.25) is 0 Å². The number of nitrogens with zero attached hydrogens (tertiary/aromatic N) is 1. The van der Waals surface area contributed by atoms with Crippen LogP contribution in [0.15, 0.2) is 0 Å². The summed E-state index contributed by atoms with van der Waals surface area (Å²) >= 11 is 1.90. The van der Waals surface area contributed by atoms with Crippen molar-refractivity contribution in [2.24, 2.45) is 11.8 Å². The van der Waals surface area contributed by atoms with Crippen LogP contribution in [0.3, 0.4) is 0 Å². The maximum Gasteiger partial charge on any atom is 0.0672 e. The molecule has 0 saturated heterocycles. The van der Waals surface area contributed by atoms with Crippen molar-refractivity contribution in [3.8, 4) is 6.07 Å². The minimum absolute atomic E-state index is 0.250. The van der Waals surface area contributed by atoms with Crippen molar-refractivity contribution in [2.45, 2.75) is 38.6 Å². The van der Waals surface area contributed by atoms with Crippen LogP contribution in [-0.2, 0) is 0 Å². The van der Waals surface area contributed by atoms with Crippen molar-refractivity contribution in [2.75, 3.05) is 18.6 Å². The van der Waals surface area contributed by atoms with Crippen LogP contribution in [0, 0.1) is 23.2 Å². The van der Waals surface area contributed by atoms with Gasteiger partial charge >= 0.3 is 0 Å². The summed E-state index contributed by atoms with van der Waals surface area (Å²) in [6, 6.07) is 2.89. The molecule has 1 N–H and O–H groups in total. The summed E-state index contributed by atoms with van der Waals surface area (Å²) < 4.78 is 0. The Labute approximate surface area is 97.8 Å². The fraction of sp³-hybridized carbons (Fsp3) is 0.917. The topological polar surface area (TPSA) is 35.8 Å². The van der Waals surface area contributed by atoms with E-state index in [4.69, 9.17) is 5.26 Å². The average molecular weight is 226 g/mol. The molecule has 0 bridgehead atoms. The van der Waals surface area contributed by atoms with Crippen LogP contribution < -0.4 is 5.32 Å². The third-order valence-electron chi connectivity index (χ3n) is 3.11. The Bertz CT molecular complexity index is 212. The molecule has 0 heterocycles. The monoisotopic (exact) mass is 226 g/mol. The summed E-state index contributed by atoms with van der Waals surface area (Å²) in [6.45, 7) is 3.33. The lowest BCUT2D eigenvalue weighted by molar-refractivity contribution is 0.303. The molecule has 2 nitrogen and oxygen atoms in total. The largest absolute Gasteiger partial charge is 0.312 e. The van der Waals surface area contributed by atoms with Crippen LogP contribution in [0.25, 0.3) is 0 Å². The molecule has 0 aromatic heterocycles. The number of hydrogen-bond acceptors (Lipinski definition) is 3. The first kappa shape index (κ1) is 12.9. The van der Waals surface area contributed by atoms with E-state index in [1.54, 1.807) is 0 Å². The van der Waals surface area contributed by atoms with Gasteiger partial charge in [0, 0.05) is 6.04 Å². The van der Waals surface area contributed by atoms with E-state index < -0.39 is 0 Å². The highest BCUT2D eigenvalue weighted by Gasteiger charge is 2.24. The Balaban J connectivity index is 2.26. The van der Waals surface area contributed by atoms with Crippen molar-refractivity contribution in [1.29, 1.82) is 5.26 Å². The van der Waals surface area contributed by atoms with Gasteiger partial charge < -0.3 is 5.32 Å². The molecule has 0 spiro atoms. The zero-order valence-corrected chi connectivity index (χ0v) is 10.6. The molecule has 0 amide bonds. The van der Waals surface area contributed by atoms with Gasteiger partial charge in [0.15, 0.2) is 0 Å². The first-order valence-electron chi connectivity index (χ1n) is 5.90. The smallest absolute Gasteiger partial charge is 0.0672 e. The first-order valence-corrected chi connectivity index (χ1v) is 7.29. The van der Waals surface area contributed by atoms with Crippen LogP contribution in [0.4, 0.5) is 0 Å². The van der Waals surface area contributed by atoms with Gasteiger partial charge in [0.05, 0.1) is 12.0 Å². The van der Waals surface area contributed by atoms with E-state index in [9.17, 15) is 0 Å². The van der Waals surface area contributed by atoms with Gasteiger partial charge in [0.1, 0.15) is 0 Å². The number of nitrogens with one attached hydrogen (secondary N) is 1. The molecule has 15 heavy (non-hydrogen) atoms. The number of thioether (sulfide) groups is 1. The lowest BCUT2D eigenvalue weighted by Gasteiger charge is -2.28. The minimum atomic E-state index is 0.250. The zero-order valence-electron chi connectivity index (χ0n) is 9.83. The van der Waals surface area contributed by atoms with Gasteiger partial charge in [-0.25, -0.2) is 0 Å². The molecule has 1 aliphatic carbocycles. The predicted octanol–water partition coefficient (Wildman–Crippen LogP) is 2.66. The predicted molar refractivity (Wildman–Crippen MR) is 66.9 cm³/mol. The Morgan fingerprint density at radius 1 is 1.47 bits per heavy atom. The number of rotatable bonds is 5. The van der Waals surface area contributed by atoms with E-state index >= 15 is 0 Å². The molecule has 1 saturated carbocycles. The summed E-state index contributed by atoms with van der Waals surface area (Å²) in [5.41, 5.74) is 0. The summed E-state index contributed by atoms with van der Waals surface area (Å²) in [5, 5.41) is 12.6. The van der Waals surface area contributed by atoms with Gasteiger partial charge in [-0.3, -0.25) is 0 Å². The normalized spacial score (nSPS) is 28.3. The number of hydrogen-bond donors (Lipinski definition) is 1. The Hall–Kier alpha value is -0.200. The fourth-order valence-electron chi connectivity index (χ4n) is 2.23. The lowest BCUT2D eigenvalue weighted by atomic mass is 9.85. The van der Waals surface area contributed by atoms with Gasteiger partial charge in [-0.15, -0.1) is 0 Å². The molecule has 0 aromatic carbocycles. The van der Waals surface area contributed by atoms with Crippen molar-refractivity contribution < 1.29 is 0 Å². The van der Waals surface area contributed by atoms with Gasteiger partial charge in [0.25, 0.3) is 0 Å². The molecule has 3 heteroatoms. The van der Waals surface area contributed by atoms with Crippen molar-refractivity contribution in [3.05, 3.63) is 0 Å². The fourth-order valence-corrected chi connectivity index (χ4v) is 2.91. The summed E-state index contributed by atoms with van der Waals surface area (Å²) in [7, 11) is 0. The lowest BCUT2D eigenvalue weighted by Crippen LogP contribution is -2.40. The standard InChI is InChI=1S/C12H22N2S/c1-10(9-15-2)8-14-12-6-4-3-5-11(12)7-13/h10-12,14H,3-6,8-9H2,1-2H3. The van der Waals surface area contributed by atoms with E-state index in [1.165, 1.54) is 25.0 Å². The molecule has 3 atom stereocenters. The average Bonchev–Trinajstić information content (AvgIpc) is 2.27. The highest BCUT2D eigenvalue weighted by molar-refractivity contribution is 7.98. The maximum absolute atomic E-state index is 9.04. The highest BCUT2D eigenvalue weighted by atomic mass is 32.2. The second-order valence-electron chi connectivity index (χ2n) is 4.60. The molecule has 86 valence electrons. The molecule has 1 rings (SSSR count). The van der Waals surface area contributed by atoms with Gasteiger partial charge in [-0.2, -0.15) is 17.0 Å². The van der Waals surface area contributed by atoms with Crippen molar-refractivity contribution in [3.63, 3.8) is 0 Å². The molecule has 0 aliphatic heterocycles. The van der Waals surface area contributed by atoms with Crippen LogP contribution >= 0.6 is 11.8 Å². The molecule has 1 fully saturated rings. The molecule has 3 unspecified atom stereocenters. The van der Waals surface area contributed by atoms with Crippen molar-refractivity contribution >= 4 is 11.8 Å². The maximum atomic E-state index is 9.04. The quantitative estimate of drug-likeness (QED) is 0.783. The molecule has 0 radical (unpaired) electrons. The van der Waals surface area contributed by atoms with Crippen molar-refractivity contribution in [1.82, 2.24) is 5.32 Å². The van der Waals surface area contributed by atoms with Crippen LogP contribution in [-0.4, -0.2) is 24.6 Å². The number of nitriles is 1. The van der Waals surface area contributed by atoms with Crippen LogP contribution in [0.1, 0.15) is 32.6 Å². The molecular weight excluding hydrogens is 204 g/mol. The van der Waals surface area contributed by atoms with E-state index in [0.29, 0.717) is 12.0 Å². The third kappa shape index (κ3) is 4.44. The second-order valence-corrected chi connectivity index (χ2v) is 5.51. The Morgan fingerprint density at radius 2 is 2.20 bits per heavy atom. The second kappa shape index (κ2) is 7.14. The van der Waals surface area contributed by atoms with E-state index in [0.717, 1.165) is 13.0 Å². The molecular formula is C12H22N2S. The summed E-state index contributed by atoms with van der Waals surface area (Å²) in [4.78, 5) is 0. The van der Waals surface area contributed by atoms with E-state index in [1.807, 2.05) is 11.8 Å². The zero-order chi connectivity index (χ0) is 11.1. The summed E-state index contributed by atoms with van der Waals surface area (Å²) in [5.74, 6) is 2.17. The van der Waals surface area contributed by atoms with E-state index in [-0.39, 0.29) is 5.92 Å². The van der Waals surface area contributed by atoms with Gasteiger partial charge in [-0.1, -0.05) is 19.8 Å². The SMILES string of the molecule is CSCC(C)CNC1CCCCC1C#N. The third-order valence-corrected chi connectivity index (χ3v) is 4.01. The minimum Gasteiger partial charge on any atom is -0.312 e. The van der Waals surface area contributed by atoms with E-state index in [2.05, 4.69) is 24.6 Å². The van der Waals surface area contributed by atoms with Crippen LogP contribution in [0.2, 0.25) is 0 Å². The molecule has 0 aromatic rings. The first-order chi connectivity index (χ1) is 7.27. The Kier molecular flexibility index (Phi) is 6.12. The highest BCUT2D eigenvalue weighted by Crippen LogP contribution is 2.23. The van der Waals surface area contributed by atoms with Crippen LogP contribution in [0.5, 0.6) is 0 Å². The summed E-state index contributed by atoms with van der Waals surface area (Å²) in [6.07, 6.45) is 6.94. The Morgan fingerprint density at radius 3 is 2.87 bits per heavy atom.